The van der Waals surface area contributed by atoms with Crippen molar-refractivity contribution in [1.29, 1.82) is 0 Å². The van der Waals surface area contributed by atoms with E-state index in [1.165, 1.54) is 10.4 Å². The summed E-state index contributed by atoms with van der Waals surface area (Å²) in [6.45, 7) is 3.91. The molecule has 28 heavy (non-hydrogen) atoms. The highest BCUT2D eigenvalue weighted by Gasteiger charge is 2.16. The SMILES string of the molecule is COc1ccc(CN(Cc2ccc(C(N)=O)cc2)[C@H](C)Cc2cccs2)cc1. The fourth-order valence-corrected chi connectivity index (χ4v) is 4.02. The fraction of sp³-hybridized carbons (Fsp3) is 0.261. The molecule has 0 aliphatic heterocycles. The summed E-state index contributed by atoms with van der Waals surface area (Å²) in [4.78, 5) is 15.2. The highest BCUT2D eigenvalue weighted by Crippen LogP contribution is 2.20. The van der Waals surface area contributed by atoms with Crippen LogP contribution in [0.4, 0.5) is 0 Å². The van der Waals surface area contributed by atoms with Crippen LogP contribution in [-0.2, 0) is 19.5 Å². The number of methoxy groups -OCH3 is 1. The van der Waals surface area contributed by atoms with E-state index in [0.717, 1.165) is 30.8 Å². The lowest BCUT2D eigenvalue weighted by Crippen LogP contribution is -2.33. The van der Waals surface area contributed by atoms with Gasteiger partial charge in [-0.2, -0.15) is 0 Å². The number of hydrogen-bond donors (Lipinski definition) is 1. The van der Waals surface area contributed by atoms with E-state index in [1.54, 1.807) is 30.6 Å². The quantitative estimate of drug-likeness (QED) is 0.582. The topological polar surface area (TPSA) is 55.6 Å². The van der Waals surface area contributed by atoms with Gasteiger partial charge in [0.15, 0.2) is 0 Å². The monoisotopic (exact) mass is 394 g/mol. The summed E-state index contributed by atoms with van der Waals surface area (Å²) < 4.78 is 5.27. The van der Waals surface area contributed by atoms with Crippen molar-refractivity contribution >= 4 is 17.2 Å². The number of primary amides is 1. The lowest BCUT2D eigenvalue weighted by molar-refractivity contribution is 0.1000. The molecule has 1 heterocycles. The molecule has 1 atom stereocenters. The minimum atomic E-state index is -0.396. The molecular formula is C23H26N2O2S. The van der Waals surface area contributed by atoms with Crippen LogP contribution in [0.2, 0.25) is 0 Å². The number of rotatable bonds is 9. The van der Waals surface area contributed by atoms with E-state index in [4.69, 9.17) is 10.5 Å². The molecule has 1 aromatic heterocycles. The van der Waals surface area contributed by atoms with Crippen LogP contribution in [0.25, 0.3) is 0 Å². The Morgan fingerprint density at radius 1 is 1.04 bits per heavy atom. The number of carbonyl (C=O) groups excluding carboxylic acids is 1. The van der Waals surface area contributed by atoms with E-state index in [9.17, 15) is 4.79 Å². The molecule has 3 aromatic rings. The van der Waals surface area contributed by atoms with Gasteiger partial charge in [-0.1, -0.05) is 30.3 Å². The van der Waals surface area contributed by atoms with Crippen molar-refractivity contribution in [2.45, 2.75) is 32.5 Å². The normalized spacial score (nSPS) is 12.1. The van der Waals surface area contributed by atoms with Gasteiger partial charge < -0.3 is 10.5 Å². The van der Waals surface area contributed by atoms with Crippen LogP contribution < -0.4 is 10.5 Å². The van der Waals surface area contributed by atoms with Crippen LogP contribution in [-0.4, -0.2) is 24.0 Å². The summed E-state index contributed by atoms with van der Waals surface area (Å²) in [6.07, 6.45) is 1.01. The average Bonchev–Trinajstić information content (AvgIpc) is 3.21. The molecule has 0 unspecified atom stereocenters. The zero-order valence-electron chi connectivity index (χ0n) is 16.3. The molecule has 0 bridgehead atoms. The molecule has 0 fully saturated rings. The first-order valence-electron chi connectivity index (χ1n) is 9.33. The first-order valence-corrected chi connectivity index (χ1v) is 10.2. The van der Waals surface area contributed by atoms with Gasteiger partial charge in [0.05, 0.1) is 7.11 Å². The first kappa shape index (κ1) is 20.1. The van der Waals surface area contributed by atoms with E-state index >= 15 is 0 Å². The molecule has 2 aromatic carbocycles. The third-order valence-electron chi connectivity index (χ3n) is 4.87. The van der Waals surface area contributed by atoms with Crippen molar-refractivity contribution in [3.8, 4) is 5.75 Å². The Kier molecular flexibility index (Phi) is 6.85. The second kappa shape index (κ2) is 9.53. The number of amides is 1. The zero-order valence-corrected chi connectivity index (χ0v) is 17.1. The van der Waals surface area contributed by atoms with Crippen LogP contribution >= 0.6 is 11.3 Å². The third kappa shape index (κ3) is 5.44. The predicted octanol–water partition coefficient (Wildman–Crippen LogP) is 4.49. The molecule has 0 aliphatic carbocycles. The molecule has 0 radical (unpaired) electrons. The number of carbonyl (C=O) groups is 1. The fourth-order valence-electron chi connectivity index (χ4n) is 3.19. The van der Waals surface area contributed by atoms with Gasteiger partial charge in [-0.25, -0.2) is 0 Å². The summed E-state index contributed by atoms with van der Waals surface area (Å²) >= 11 is 1.80. The van der Waals surface area contributed by atoms with E-state index in [0.29, 0.717) is 11.6 Å². The van der Waals surface area contributed by atoms with Crippen LogP contribution in [0.15, 0.2) is 66.0 Å². The number of nitrogens with zero attached hydrogens (tertiary/aromatic N) is 1. The maximum atomic E-state index is 11.3. The van der Waals surface area contributed by atoms with Gasteiger partial charge in [0.2, 0.25) is 5.91 Å². The Morgan fingerprint density at radius 2 is 1.64 bits per heavy atom. The lowest BCUT2D eigenvalue weighted by atomic mass is 10.1. The third-order valence-corrected chi connectivity index (χ3v) is 5.77. The molecule has 1 amide bonds. The first-order chi connectivity index (χ1) is 13.5. The zero-order chi connectivity index (χ0) is 19.9. The number of hydrogen-bond acceptors (Lipinski definition) is 4. The second-order valence-corrected chi connectivity index (χ2v) is 7.98. The van der Waals surface area contributed by atoms with Gasteiger partial charge in [-0.05, 0) is 60.2 Å². The number of benzene rings is 2. The molecular weight excluding hydrogens is 368 g/mol. The number of ether oxygens (including phenoxy) is 1. The van der Waals surface area contributed by atoms with Gasteiger partial charge in [0, 0.05) is 29.6 Å². The van der Waals surface area contributed by atoms with Crippen molar-refractivity contribution in [3.05, 3.63) is 87.6 Å². The highest BCUT2D eigenvalue weighted by atomic mass is 32.1. The van der Waals surface area contributed by atoms with Gasteiger partial charge in [-0.15, -0.1) is 11.3 Å². The van der Waals surface area contributed by atoms with Crippen molar-refractivity contribution in [2.24, 2.45) is 5.73 Å². The molecule has 0 saturated heterocycles. The molecule has 2 N–H and O–H groups in total. The summed E-state index contributed by atoms with van der Waals surface area (Å²) in [5.41, 5.74) is 8.30. The van der Waals surface area contributed by atoms with Crippen LogP contribution in [0.1, 0.15) is 33.3 Å². The smallest absolute Gasteiger partial charge is 0.248 e. The van der Waals surface area contributed by atoms with Crippen molar-refractivity contribution < 1.29 is 9.53 Å². The summed E-state index contributed by atoms with van der Waals surface area (Å²) in [7, 11) is 1.68. The average molecular weight is 395 g/mol. The van der Waals surface area contributed by atoms with Crippen LogP contribution in [0.5, 0.6) is 5.75 Å². The largest absolute Gasteiger partial charge is 0.497 e. The minimum Gasteiger partial charge on any atom is -0.497 e. The van der Waals surface area contributed by atoms with Crippen molar-refractivity contribution in [3.63, 3.8) is 0 Å². The van der Waals surface area contributed by atoms with Crippen molar-refractivity contribution in [2.75, 3.05) is 7.11 Å². The Balaban J connectivity index is 1.76. The molecule has 3 rings (SSSR count). The molecule has 0 spiro atoms. The van der Waals surface area contributed by atoms with Crippen LogP contribution in [0.3, 0.4) is 0 Å². The Morgan fingerprint density at radius 3 is 2.14 bits per heavy atom. The second-order valence-electron chi connectivity index (χ2n) is 6.95. The molecule has 0 saturated carbocycles. The van der Waals surface area contributed by atoms with Gasteiger partial charge >= 0.3 is 0 Å². The summed E-state index contributed by atoms with van der Waals surface area (Å²) in [5.74, 6) is 0.469. The molecule has 0 aliphatic rings. The van der Waals surface area contributed by atoms with Gasteiger partial charge in [-0.3, -0.25) is 9.69 Å². The van der Waals surface area contributed by atoms with E-state index in [-0.39, 0.29) is 0 Å². The molecule has 146 valence electrons. The standard InChI is InChI=1S/C23H26N2O2S/c1-17(14-22-4-3-13-28-22)25(16-19-7-11-21(27-2)12-8-19)15-18-5-9-20(10-6-18)23(24)26/h3-13,17H,14-16H2,1-2H3,(H2,24,26)/t17-/m1/s1. The molecule has 5 heteroatoms. The minimum absolute atomic E-state index is 0.372. The number of nitrogens with two attached hydrogens (primary N) is 1. The maximum Gasteiger partial charge on any atom is 0.248 e. The predicted molar refractivity (Wildman–Crippen MR) is 115 cm³/mol. The highest BCUT2D eigenvalue weighted by molar-refractivity contribution is 7.09. The Labute approximate surface area is 170 Å². The van der Waals surface area contributed by atoms with Gasteiger partial charge in [0.1, 0.15) is 5.75 Å². The van der Waals surface area contributed by atoms with Crippen molar-refractivity contribution in [1.82, 2.24) is 4.90 Å². The summed E-state index contributed by atoms with van der Waals surface area (Å²) in [6, 6.07) is 20.4. The number of thiophene rings is 1. The lowest BCUT2D eigenvalue weighted by Gasteiger charge is -2.29. The molecule has 4 nitrogen and oxygen atoms in total. The maximum absolute atomic E-state index is 11.3. The van der Waals surface area contributed by atoms with E-state index < -0.39 is 5.91 Å². The summed E-state index contributed by atoms with van der Waals surface area (Å²) in [5, 5.41) is 2.12. The Bertz CT molecular complexity index is 874. The van der Waals surface area contributed by atoms with Crippen LogP contribution in [0, 0.1) is 0 Å². The Hall–Kier alpha value is -2.63. The van der Waals surface area contributed by atoms with E-state index in [1.807, 2.05) is 24.3 Å². The van der Waals surface area contributed by atoms with Gasteiger partial charge in [0.25, 0.3) is 0 Å². The van der Waals surface area contributed by atoms with E-state index in [2.05, 4.69) is 41.5 Å².